The van der Waals surface area contributed by atoms with Crippen molar-refractivity contribution in [3.63, 3.8) is 0 Å². The highest BCUT2D eigenvalue weighted by molar-refractivity contribution is 5.41. The van der Waals surface area contributed by atoms with E-state index in [9.17, 15) is 0 Å². The molecule has 0 heterocycles. The van der Waals surface area contributed by atoms with E-state index in [4.69, 9.17) is 11.0 Å². The SMILES string of the molecule is CCCCC(C#N)c1ccc(N)cc1. The number of hydrogen-bond donors (Lipinski definition) is 1. The molecule has 0 aliphatic heterocycles. The van der Waals surface area contributed by atoms with Crippen molar-refractivity contribution < 1.29 is 0 Å². The Morgan fingerprint density at radius 1 is 1.36 bits per heavy atom. The molecule has 0 fully saturated rings. The molecule has 2 nitrogen and oxygen atoms in total. The molecule has 2 heteroatoms. The van der Waals surface area contributed by atoms with Crippen molar-refractivity contribution in [1.29, 1.82) is 5.26 Å². The van der Waals surface area contributed by atoms with Crippen LogP contribution in [0.2, 0.25) is 0 Å². The van der Waals surface area contributed by atoms with Crippen molar-refractivity contribution in [2.75, 3.05) is 5.73 Å². The molecule has 14 heavy (non-hydrogen) atoms. The van der Waals surface area contributed by atoms with Crippen LogP contribution in [-0.2, 0) is 0 Å². The van der Waals surface area contributed by atoms with Crippen LogP contribution in [0.15, 0.2) is 24.3 Å². The lowest BCUT2D eigenvalue weighted by Crippen LogP contribution is -1.96. The van der Waals surface area contributed by atoms with Gasteiger partial charge in [-0.25, -0.2) is 0 Å². The van der Waals surface area contributed by atoms with E-state index in [1.807, 2.05) is 24.3 Å². The second-order valence-corrected chi connectivity index (χ2v) is 3.49. The molecule has 2 N–H and O–H groups in total. The van der Waals surface area contributed by atoms with Crippen LogP contribution in [0, 0.1) is 11.3 Å². The fraction of sp³-hybridized carbons (Fsp3) is 0.417. The zero-order valence-corrected chi connectivity index (χ0v) is 8.53. The molecule has 0 saturated heterocycles. The van der Waals surface area contributed by atoms with E-state index >= 15 is 0 Å². The Balaban J connectivity index is 2.70. The molecule has 0 radical (unpaired) electrons. The maximum absolute atomic E-state index is 8.99. The van der Waals surface area contributed by atoms with E-state index in [1.165, 1.54) is 0 Å². The number of unbranched alkanes of at least 4 members (excludes halogenated alkanes) is 1. The van der Waals surface area contributed by atoms with Gasteiger partial charge < -0.3 is 5.73 Å². The van der Waals surface area contributed by atoms with E-state index < -0.39 is 0 Å². The van der Waals surface area contributed by atoms with Crippen LogP contribution in [0.3, 0.4) is 0 Å². The van der Waals surface area contributed by atoms with Gasteiger partial charge in [0.25, 0.3) is 0 Å². The van der Waals surface area contributed by atoms with Gasteiger partial charge in [0.15, 0.2) is 0 Å². The third-order valence-electron chi connectivity index (χ3n) is 2.34. The normalized spacial score (nSPS) is 12.0. The first-order valence-electron chi connectivity index (χ1n) is 5.03. The second-order valence-electron chi connectivity index (χ2n) is 3.49. The van der Waals surface area contributed by atoms with Crippen molar-refractivity contribution in [3.8, 4) is 6.07 Å². The first-order chi connectivity index (χ1) is 6.77. The minimum Gasteiger partial charge on any atom is -0.399 e. The van der Waals surface area contributed by atoms with E-state index in [0.717, 1.165) is 30.5 Å². The average molecular weight is 188 g/mol. The highest BCUT2D eigenvalue weighted by atomic mass is 14.5. The molecule has 1 aromatic carbocycles. The summed E-state index contributed by atoms with van der Waals surface area (Å²) in [6, 6.07) is 9.92. The number of nitrogens with zero attached hydrogens (tertiary/aromatic N) is 1. The van der Waals surface area contributed by atoms with Crippen molar-refractivity contribution >= 4 is 5.69 Å². The molecule has 1 unspecified atom stereocenters. The largest absolute Gasteiger partial charge is 0.399 e. The summed E-state index contributed by atoms with van der Waals surface area (Å²) in [5, 5.41) is 8.99. The summed E-state index contributed by atoms with van der Waals surface area (Å²) in [7, 11) is 0. The van der Waals surface area contributed by atoms with Gasteiger partial charge in [0, 0.05) is 5.69 Å². The van der Waals surface area contributed by atoms with Crippen molar-refractivity contribution in [2.45, 2.75) is 32.1 Å². The molecular formula is C12H16N2. The van der Waals surface area contributed by atoms with Gasteiger partial charge in [0.1, 0.15) is 0 Å². The Morgan fingerprint density at radius 2 is 2.00 bits per heavy atom. The summed E-state index contributed by atoms with van der Waals surface area (Å²) >= 11 is 0. The molecule has 1 aromatic rings. The van der Waals surface area contributed by atoms with E-state index in [-0.39, 0.29) is 5.92 Å². The van der Waals surface area contributed by atoms with E-state index in [0.29, 0.717) is 0 Å². The minimum absolute atomic E-state index is 0.0237. The number of nitrogen functional groups attached to an aromatic ring is 1. The predicted octanol–water partition coefficient (Wildman–Crippen LogP) is 3.07. The number of nitriles is 1. The average Bonchev–Trinajstić information content (AvgIpc) is 2.21. The Kier molecular flexibility index (Phi) is 4.00. The molecule has 0 spiro atoms. The molecule has 0 bridgehead atoms. The first kappa shape index (κ1) is 10.6. The maximum Gasteiger partial charge on any atom is 0.0712 e. The van der Waals surface area contributed by atoms with Gasteiger partial charge in [-0.15, -0.1) is 0 Å². The summed E-state index contributed by atoms with van der Waals surface area (Å²) < 4.78 is 0. The molecule has 0 saturated carbocycles. The van der Waals surface area contributed by atoms with Crippen LogP contribution in [0.1, 0.15) is 37.7 Å². The molecule has 0 aliphatic rings. The Labute approximate surface area is 85.4 Å². The second kappa shape index (κ2) is 5.29. The molecule has 74 valence electrons. The van der Waals surface area contributed by atoms with Crippen molar-refractivity contribution in [3.05, 3.63) is 29.8 Å². The fourth-order valence-electron chi connectivity index (χ4n) is 1.44. The Hall–Kier alpha value is -1.49. The predicted molar refractivity (Wildman–Crippen MR) is 58.7 cm³/mol. The number of benzene rings is 1. The topological polar surface area (TPSA) is 49.8 Å². The molecule has 1 rings (SSSR count). The lowest BCUT2D eigenvalue weighted by atomic mass is 9.95. The van der Waals surface area contributed by atoms with Gasteiger partial charge in [-0.2, -0.15) is 5.26 Å². The smallest absolute Gasteiger partial charge is 0.0712 e. The molecule has 0 aliphatic carbocycles. The summed E-state index contributed by atoms with van der Waals surface area (Å²) in [6.07, 6.45) is 3.17. The van der Waals surface area contributed by atoms with Gasteiger partial charge in [-0.05, 0) is 24.1 Å². The third-order valence-corrected chi connectivity index (χ3v) is 2.34. The monoisotopic (exact) mass is 188 g/mol. The van der Waals surface area contributed by atoms with Crippen molar-refractivity contribution in [1.82, 2.24) is 0 Å². The van der Waals surface area contributed by atoms with Crippen LogP contribution in [0.4, 0.5) is 5.69 Å². The first-order valence-corrected chi connectivity index (χ1v) is 5.03. The van der Waals surface area contributed by atoms with E-state index in [2.05, 4.69) is 13.0 Å². The molecule has 0 aromatic heterocycles. The lowest BCUT2D eigenvalue weighted by molar-refractivity contribution is 0.671. The molecule has 0 amide bonds. The van der Waals surface area contributed by atoms with Crippen LogP contribution in [0.5, 0.6) is 0 Å². The standard InChI is InChI=1S/C12H16N2/c1-2-3-4-11(9-13)10-5-7-12(14)8-6-10/h5-8,11H,2-4,14H2,1H3. The summed E-state index contributed by atoms with van der Waals surface area (Å²) in [4.78, 5) is 0. The van der Waals surface area contributed by atoms with Crippen molar-refractivity contribution in [2.24, 2.45) is 0 Å². The number of nitrogens with two attached hydrogens (primary N) is 1. The van der Waals surface area contributed by atoms with E-state index in [1.54, 1.807) is 0 Å². The van der Waals surface area contributed by atoms with Crippen LogP contribution < -0.4 is 5.73 Å². The van der Waals surface area contributed by atoms with Gasteiger partial charge in [-0.3, -0.25) is 0 Å². The Bertz CT molecular complexity index is 308. The quantitative estimate of drug-likeness (QED) is 0.738. The number of rotatable bonds is 4. The van der Waals surface area contributed by atoms with Gasteiger partial charge >= 0.3 is 0 Å². The molecular weight excluding hydrogens is 172 g/mol. The van der Waals surface area contributed by atoms with Gasteiger partial charge in [0.2, 0.25) is 0 Å². The summed E-state index contributed by atoms with van der Waals surface area (Å²) in [6.45, 7) is 2.14. The summed E-state index contributed by atoms with van der Waals surface area (Å²) in [5.41, 5.74) is 7.42. The number of hydrogen-bond acceptors (Lipinski definition) is 2. The number of anilines is 1. The Morgan fingerprint density at radius 3 is 2.50 bits per heavy atom. The lowest BCUT2D eigenvalue weighted by Gasteiger charge is -2.08. The van der Waals surface area contributed by atoms with Crippen LogP contribution in [-0.4, -0.2) is 0 Å². The highest BCUT2D eigenvalue weighted by Crippen LogP contribution is 2.21. The van der Waals surface area contributed by atoms with Crippen LogP contribution >= 0.6 is 0 Å². The zero-order valence-electron chi connectivity index (χ0n) is 8.53. The third kappa shape index (κ3) is 2.77. The minimum atomic E-state index is 0.0237. The zero-order chi connectivity index (χ0) is 10.4. The fourth-order valence-corrected chi connectivity index (χ4v) is 1.44. The van der Waals surface area contributed by atoms with Gasteiger partial charge in [-0.1, -0.05) is 31.9 Å². The van der Waals surface area contributed by atoms with Crippen LogP contribution in [0.25, 0.3) is 0 Å². The maximum atomic E-state index is 8.99. The highest BCUT2D eigenvalue weighted by Gasteiger charge is 2.08. The molecule has 1 atom stereocenters. The summed E-state index contributed by atoms with van der Waals surface area (Å²) in [5.74, 6) is 0.0237. The van der Waals surface area contributed by atoms with Gasteiger partial charge in [0.05, 0.1) is 12.0 Å².